The zero-order valence-electron chi connectivity index (χ0n) is 10.2. The van der Waals surface area contributed by atoms with Gasteiger partial charge in [-0.1, -0.05) is 43.9 Å². The van der Waals surface area contributed by atoms with Gasteiger partial charge in [0.05, 0.1) is 8.07 Å². The summed E-state index contributed by atoms with van der Waals surface area (Å²) in [5.74, 6) is 0. The highest BCUT2D eigenvalue weighted by Gasteiger charge is 2.33. The molecule has 0 amide bonds. The van der Waals surface area contributed by atoms with E-state index in [1.54, 1.807) is 11.1 Å². The van der Waals surface area contributed by atoms with Crippen LogP contribution in [-0.4, -0.2) is 26.6 Å². The Hall–Kier alpha value is -0.603. The molecule has 0 spiro atoms. The summed E-state index contributed by atoms with van der Waals surface area (Å²) in [7, 11) is 1.15. The van der Waals surface area contributed by atoms with Crippen molar-refractivity contribution in [1.29, 1.82) is 0 Å². The van der Waals surface area contributed by atoms with Crippen LogP contribution in [0.2, 0.25) is 19.6 Å². The molecule has 1 aliphatic rings. The lowest BCUT2D eigenvalue weighted by Crippen LogP contribution is -2.42. The highest BCUT2D eigenvalue weighted by Crippen LogP contribution is 2.34. The minimum absolute atomic E-state index is 0.799. The highest BCUT2D eigenvalue weighted by atomic mass is 28.3. The summed E-state index contributed by atoms with van der Waals surface area (Å²) in [6.07, 6.45) is 0. The molecule has 2 heteroatoms. The van der Waals surface area contributed by atoms with Crippen molar-refractivity contribution in [3.05, 3.63) is 35.4 Å². The van der Waals surface area contributed by atoms with Crippen LogP contribution in [0.25, 0.3) is 0 Å². The van der Waals surface area contributed by atoms with E-state index in [2.05, 4.69) is 55.9 Å². The van der Waals surface area contributed by atoms with E-state index in [-0.39, 0.29) is 0 Å². The normalized spacial score (nSPS) is 22.5. The lowest BCUT2D eigenvalue weighted by atomic mass is 10.00. The molecule has 2 rings (SSSR count). The van der Waals surface area contributed by atoms with Crippen LogP contribution in [0, 0.1) is 0 Å². The Bertz CT molecular complexity index is 354. The molecule has 1 nitrogen and oxygen atoms in total. The molecule has 15 heavy (non-hydrogen) atoms. The Morgan fingerprint density at radius 3 is 2.53 bits per heavy atom. The van der Waals surface area contributed by atoms with Crippen LogP contribution in [0.5, 0.6) is 0 Å². The average Bonchev–Trinajstić information content (AvgIpc) is 2.15. The number of nitrogens with zero attached hydrogens (tertiary/aromatic N) is 1. The van der Waals surface area contributed by atoms with E-state index in [1.807, 2.05) is 0 Å². The topological polar surface area (TPSA) is 3.24 Å². The minimum atomic E-state index is -1.09. The number of hydrogen-bond acceptors (Lipinski definition) is 1. The summed E-state index contributed by atoms with van der Waals surface area (Å²) in [6.45, 7) is 9.80. The van der Waals surface area contributed by atoms with Crippen molar-refractivity contribution in [2.75, 3.05) is 13.6 Å². The largest absolute Gasteiger partial charge is 0.302 e. The summed E-state index contributed by atoms with van der Waals surface area (Å²) >= 11 is 0. The van der Waals surface area contributed by atoms with Gasteiger partial charge in [0, 0.05) is 13.1 Å². The van der Waals surface area contributed by atoms with Gasteiger partial charge in [0.15, 0.2) is 0 Å². The maximum atomic E-state index is 2.48. The Labute approximate surface area is 94.1 Å². The summed E-state index contributed by atoms with van der Waals surface area (Å²) in [5.41, 5.74) is 3.96. The van der Waals surface area contributed by atoms with Gasteiger partial charge in [0.25, 0.3) is 0 Å². The molecule has 1 heterocycles. The maximum Gasteiger partial charge on any atom is 0.0538 e. The lowest BCUT2D eigenvalue weighted by Gasteiger charge is -2.38. The predicted octanol–water partition coefficient (Wildman–Crippen LogP) is 3.09. The molecule has 0 saturated heterocycles. The molecule has 0 N–H and O–H groups in total. The Morgan fingerprint density at radius 1 is 1.20 bits per heavy atom. The quantitative estimate of drug-likeness (QED) is 0.656. The SMILES string of the molecule is CN1Cc2ccccc2C([Si](C)(C)C)C1. The predicted molar refractivity (Wildman–Crippen MR) is 68.9 cm³/mol. The van der Waals surface area contributed by atoms with E-state index in [1.165, 1.54) is 6.54 Å². The van der Waals surface area contributed by atoms with Crippen molar-refractivity contribution in [3.8, 4) is 0 Å². The minimum Gasteiger partial charge on any atom is -0.302 e. The third-order valence-corrected chi connectivity index (χ3v) is 5.99. The molecule has 1 atom stereocenters. The van der Waals surface area contributed by atoms with Crippen LogP contribution in [-0.2, 0) is 6.54 Å². The molecule has 1 aromatic carbocycles. The van der Waals surface area contributed by atoms with E-state index < -0.39 is 8.07 Å². The van der Waals surface area contributed by atoms with Crippen LogP contribution in [0.4, 0.5) is 0 Å². The molecular weight excluding hydrogens is 198 g/mol. The summed E-state index contributed by atoms with van der Waals surface area (Å²) in [5, 5.41) is 0. The second-order valence-electron chi connectivity index (χ2n) is 5.81. The van der Waals surface area contributed by atoms with E-state index in [4.69, 9.17) is 0 Å². The van der Waals surface area contributed by atoms with Gasteiger partial charge in [0.1, 0.15) is 0 Å². The average molecular weight is 219 g/mol. The maximum absolute atomic E-state index is 2.48. The summed E-state index contributed by atoms with van der Waals surface area (Å²) in [4.78, 5) is 2.46. The summed E-state index contributed by atoms with van der Waals surface area (Å²) in [6, 6.07) is 8.99. The van der Waals surface area contributed by atoms with Crippen LogP contribution in [0.1, 0.15) is 16.7 Å². The molecule has 0 fully saturated rings. The first-order chi connectivity index (χ1) is 6.98. The Balaban J connectivity index is 2.43. The zero-order chi connectivity index (χ0) is 11.1. The molecule has 0 saturated carbocycles. The van der Waals surface area contributed by atoms with Crippen molar-refractivity contribution in [2.24, 2.45) is 0 Å². The van der Waals surface area contributed by atoms with Gasteiger partial charge in [-0.15, -0.1) is 0 Å². The van der Waals surface area contributed by atoms with Crippen molar-refractivity contribution >= 4 is 8.07 Å². The Morgan fingerprint density at radius 2 is 1.87 bits per heavy atom. The molecular formula is C13H21NSi. The standard InChI is InChI=1S/C13H21NSi/c1-14-9-11-7-5-6-8-12(11)13(10-14)15(2,3)4/h5-8,13H,9-10H2,1-4H3. The van der Waals surface area contributed by atoms with Gasteiger partial charge < -0.3 is 4.90 Å². The lowest BCUT2D eigenvalue weighted by molar-refractivity contribution is 0.304. The fourth-order valence-corrected chi connectivity index (χ4v) is 4.60. The number of rotatable bonds is 1. The first kappa shape index (κ1) is 10.9. The van der Waals surface area contributed by atoms with Crippen LogP contribution >= 0.6 is 0 Å². The van der Waals surface area contributed by atoms with E-state index in [0.29, 0.717) is 0 Å². The number of fused-ring (bicyclic) bond motifs is 1. The van der Waals surface area contributed by atoms with Crippen molar-refractivity contribution in [1.82, 2.24) is 4.90 Å². The van der Waals surface area contributed by atoms with E-state index >= 15 is 0 Å². The van der Waals surface area contributed by atoms with Gasteiger partial charge >= 0.3 is 0 Å². The van der Waals surface area contributed by atoms with E-state index in [9.17, 15) is 0 Å². The second-order valence-corrected chi connectivity index (χ2v) is 11.2. The molecule has 0 aromatic heterocycles. The Kier molecular flexibility index (Phi) is 2.73. The first-order valence-corrected chi connectivity index (χ1v) is 9.32. The number of likely N-dealkylation sites (N-methyl/N-ethyl adjacent to an activating group) is 1. The van der Waals surface area contributed by atoms with Crippen LogP contribution in [0.15, 0.2) is 24.3 Å². The van der Waals surface area contributed by atoms with Crippen molar-refractivity contribution in [2.45, 2.75) is 31.7 Å². The molecule has 1 unspecified atom stereocenters. The van der Waals surface area contributed by atoms with Gasteiger partial charge in [-0.2, -0.15) is 0 Å². The highest BCUT2D eigenvalue weighted by molar-refractivity contribution is 6.77. The number of hydrogen-bond donors (Lipinski definition) is 0. The van der Waals surface area contributed by atoms with Gasteiger partial charge in [0.2, 0.25) is 0 Å². The zero-order valence-corrected chi connectivity index (χ0v) is 11.2. The first-order valence-electron chi connectivity index (χ1n) is 5.75. The van der Waals surface area contributed by atoms with Gasteiger partial charge in [-0.25, -0.2) is 0 Å². The van der Waals surface area contributed by atoms with E-state index in [0.717, 1.165) is 12.1 Å². The van der Waals surface area contributed by atoms with Crippen LogP contribution in [0.3, 0.4) is 0 Å². The third kappa shape index (κ3) is 2.16. The fourth-order valence-electron chi connectivity index (χ4n) is 2.52. The second kappa shape index (κ2) is 3.76. The molecule has 0 radical (unpaired) electrons. The number of benzene rings is 1. The van der Waals surface area contributed by atoms with Gasteiger partial charge in [-0.05, 0) is 23.7 Å². The third-order valence-electron chi connectivity index (χ3n) is 3.41. The molecule has 1 aliphatic heterocycles. The summed E-state index contributed by atoms with van der Waals surface area (Å²) < 4.78 is 0. The molecule has 1 aromatic rings. The molecule has 82 valence electrons. The molecule has 0 aliphatic carbocycles. The smallest absolute Gasteiger partial charge is 0.0538 e. The van der Waals surface area contributed by atoms with Crippen molar-refractivity contribution < 1.29 is 0 Å². The van der Waals surface area contributed by atoms with Crippen molar-refractivity contribution in [3.63, 3.8) is 0 Å². The van der Waals surface area contributed by atoms with Crippen LogP contribution < -0.4 is 0 Å². The van der Waals surface area contributed by atoms with Gasteiger partial charge in [-0.3, -0.25) is 0 Å². The molecule has 0 bridgehead atoms. The fraction of sp³-hybridized carbons (Fsp3) is 0.538. The monoisotopic (exact) mass is 219 g/mol.